The van der Waals surface area contributed by atoms with Crippen molar-refractivity contribution in [2.45, 2.75) is 32.7 Å². The summed E-state index contributed by atoms with van der Waals surface area (Å²) in [5, 5.41) is 9.13. The highest BCUT2D eigenvalue weighted by Gasteiger charge is 2.15. The monoisotopic (exact) mass is 417 g/mol. The largest absolute Gasteiger partial charge is 0.370 e. The van der Waals surface area contributed by atoms with Crippen molar-refractivity contribution in [2.75, 3.05) is 11.9 Å². The van der Waals surface area contributed by atoms with Crippen molar-refractivity contribution in [3.8, 4) is 0 Å². The highest BCUT2D eigenvalue weighted by molar-refractivity contribution is 5.80. The molecule has 0 fully saturated rings. The van der Waals surface area contributed by atoms with E-state index < -0.39 is 0 Å². The molecule has 0 amide bonds. The molecule has 6 nitrogen and oxygen atoms in total. The fourth-order valence-electron chi connectivity index (χ4n) is 3.56. The molecule has 0 unspecified atom stereocenters. The quantitative estimate of drug-likeness (QED) is 0.454. The summed E-state index contributed by atoms with van der Waals surface area (Å²) in [6.45, 7) is 4.45. The number of rotatable bonds is 7. The molecule has 0 radical (unpaired) electrons. The predicted molar refractivity (Wildman–Crippen MR) is 120 cm³/mol. The molecule has 7 heteroatoms. The second-order valence-corrected chi connectivity index (χ2v) is 7.54. The maximum Gasteiger partial charge on any atom is 0.275 e. The lowest BCUT2D eigenvalue weighted by Gasteiger charge is -2.16. The molecule has 0 aliphatic carbocycles. The van der Waals surface area contributed by atoms with Crippen LogP contribution in [-0.4, -0.2) is 26.3 Å². The minimum absolute atomic E-state index is 0.143. The van der Waals surface area contributed by atoms with Crippen LogP contribution in [0.5, 0.6) is 0 Å². The smallest absolute Gasteiger partial charge is 0.275 e. The van der Waals surface area contributed by atoms with Crippen molar-refractivity contribution in [1.29, 1.82) is 0 Å². The molecular weight excluding hydrogens is 393 g/mol. The third-order valence-corrected chi connectivity index (χ3v) is 5.23. The molecule has 0 bridgehead atoms. The number of benzene rings is 2. The summed E-state index contributed by atoms with van der Waals surface area (Å²) in [7, 11) is 0. The van der Waals surface area contributed by atoms with Crippen LogP contribution in [0.2, 0.25) is 0 Å². The number of aromatic nitrogens is 4. The number of hydrogen-bond acceptors (Lipinski definition) is 5. The Kier molecular flexibility index (Phi) is 6.02. The fourth-order valence-corrected chi connectivity index (χ4v) is 3.56. The van der Waals surface area contributed by atoms with Crippen LogP contribution in [0.25, 0.3) is 10.8 Å². The second-order valence-electron chi connectivity index (χ2n) is 7.54. The van der Waals surface area contributed by atoms with E-state index in [1.54, 1.807) is 18.3 Å². The average Bonchev–Trinajstić information content (AvgIpc) is 2.77. The maximum atomic E-state index is 13.0. The van der Waals surface area contributed by atoms with E-state index in [9.17, 15) is 9.18 Å². The van der Waals surface area contributed by atoms with E-state index in [2.05, 4.69) is 20.4 Å². The summed E-state index contributed by atoms with van der Waals surface area (Å²) in [4.78, 5) is 21.9. The first-order valence-corrected chi connectivity index (χ1v) is 10.3. The van der Waals surface area contributed by atoms with Crippen LogP contribution in [0.15, 0.2) is 65.6 Å². The third kappa shape index (κ3) is 4.77. The molecule has 2 aromatic heterocycles. The van der Waals surface area contributed by atoms with Crippen molar-refractivity contribution in [2.24, 2.45) is 0 Å². The first-order chi connectivity index (χ1) is 15.0. The molecule has 0 aliphatic rings. The molecular formula is C24H24FN5O. The van der Waals surface area contributed by atoms with E-state index in [4.69, 9.17) is 0 Å². The van der Waals surface area contributed by atoms with Gasteiger partial charge in [0.25, 0.3) is 5.56 Å². The van der Waals surface area contributed by atoms with Gasteiger partial charge in [-0.25, -0.2) is 19.0 Å². The van der Waals surface area contributed by atoms with Gasteiger partial charge in [0.2, 0.25) is 0 Å². The Morgan fingerprint density at radius 2 is 1.87 bits per heavy atom. The standard InChI is InChI=1S/C24H24FN5O/c1-16(30-24(31)21-8-4-3-7-19(21)15-27-30)22-14-23(29-17(2)28-22)26-13-5-6-18-9-11-20(25)12-10-18/h3-4,7-12,14-16H,5-6,13H2,1-2H3,(H,26,28,29)/t16-/m1/s1. The number of halogens is 1. The Balaban J connectivity index is 1.47. The van der Waals surface area contributed by atoms with E-state index in [1.807, 2.05) is 44.2 Å². The number of hydrogen-bond donors (Lipinski definition) is 1. The summed E-state index contributed by atoms with van der Waals surface area (Å²) in [6, 6.07) is 15.5. The topological polar surface area (TPSA) is 72.7 Å². The van der Waals surface area contributed by atoms with Crippen molar-refractivity contribution in [3.05, 3.63) is 94.0 Å². The van der Waals surface area contributed by atoms with Crippen LogP contribution >= 0.6 is 0 Å². The van der Waals surface area contributed by atoms with Crippen LogP contribution < -0.4 is 10.9 Å². The van der Waals surface area contributed by atoms with Gasteiger partial charge in [-0.05, 0) is 50.5 Å². The van der Waals surface area contributed by atoms with E-state index >= 15 is 0 Å². The van der Waals surface area contributed by atoms with Gasteiger partial charge in [-0.2, -0.15) is 5.10 Å². The number of aryl methyl sites for hydroxylation is 2. The molecule has 4 aromatic rings. The molecule has 31 heavy (non-hydrogen) atoms. The van der Waals surface area contributed by atoms with Crippen molar-refractivity contribution < 1.29 is 4.39 Å². The third-order valence-electron chi connectivity index (χ3n) is 5.23. The highest BCUT2D eigenvalue weighted by atomic mass is 19.1. The molecule has 4 rings (SSSR count). The van der Waals surface area contributed by atoms with E-state index in [0.29, 0.717) is 17.0 Å². The van der Waals surface area contributed by atoms with Gasteiger partial charge in [-0.1, -0.05) is 30.3 Å². The Hall–Kier alpha value is -3.61. The zero-order valence-corrected chi connectivity index (χ0v) is 17.5. The van der Waals surface area contributed by atoms with Crippen molar-refractivity contribution >= 4 is 16.6 Å². The van der Waals surface area contributed by atoms with Crippen LogP contribution in [0.3, 0.4) is 0 Å². The molecule has 158 valence electrons. The summed E-state index contributed by atoms with van der Waals surface area (Å²) < 4.78 is 14.5. The van der Waals surface area contributed by atoms with Crippen molar-refractivity contribution in [1.82, 2.24) is 19.7 Å². The minimum atomic E-state index is -0.335. The maximum absolute atomic E-state index is 13.0. The first-order valence-electron chi connectivity index (χ1n) is 10.3. The number of nitrogens with zero attached hydrogens (tertiary/aromatic N) is 4. The summed E-state index contributed by atoms with van der Waals surface area (Å²) in [5.74, 6) is 1.11. The fraction of sp³-hybridized carbons (Fsp3) is 0.250. The number of anilines is 1. The van der Waals surface area contributed by atoms with Crippen molar-refractivity contribution in [3.63, 3.8) is 0 Å². The van der Waals surface area contributed by atoms with Crippen LogP contribution in [-0.2, 0) is 6.42 Å². The zero-order chi connectivity index (χ0) is 21.8. The zero-order valence-electron chi connectivity index (χ0n) is 17.5. The second kappa shape index (κ2) is 9.04. The van der Waals surface area contributed by atoms with Gasteiger partial charge < -0.3 is 5.32 Å². The van der Waals surface area contributed by atoms with Crippen LogP contribution in [0.4, 0.5) is 10.2 Å². The molecule has 2 heterocycles. The SMILES string of the molecule is Cc1nc(NCCCc2ccc(F)cc2)cc([C@@H](C)n2ncc3ccccc3c2=O)n1. The molecule has 1 N–H and O–H groups in total. The molecule has 0 saturated heterocycles. The minimum Gasteiger partial charge on any atom is -0.370 e. The Bertz CT molecular complexity index is 1250. The molecule has 0 saturated carbocycles. The lowest BCUT2D eigenvalue weighted by Crippen LogP contribution is -2.27. The predicted octanol–water partition coefficient (Wildman–Crippen LogP) is 4.29. The highest BCUT2D eigenvalue weighted by Crippen LogP contribution is 2.18. The van der Waals surface area contributed by atoms with Gasteiger partial charge in [-0.15, -0.1) is 0 Å². The van der Waals surface area contributed by atoms with E-state index in [-0.39, 0.29) is 17.4 Å². The van der Waals surface area contributed by atoms with Gasteiger partial charge in [0.15, 0.2) is 0 Å². The van der Waals surface area contributed by atoms with Gasteiger partial charge in [0.05, 0.1) is 23.3 Å². The molecule has 0 aliphatic heterocycles. The summed E-state index contributed by atoms with van der Waals surface area (Å²) >= 11 is 0. The number of fused-ring (bicyclic) bond motifs is 1. The Morgan fingerprint density at radius 1 is 1.10 bits per heavy atom. The van der Waals surface area contributed by atoms with Gasteiger partial charge >= 0.3 is 0 Å². The summed E-state index contributed by atoms with van der Waals surface area (Å²) in [6.07, 6.45) is 3.43. The van der Waals surface area contributed by atoms with Gasteiger partial charge in [0, 0.05) is 18.0 Å². The van der Waals surface area contributed by atoms with Crippen LogP contribution in [0, 0.1) is 12.7 Å². The van der Waals surface area contributed by atoms with E-state index in [1.165, 1.54) is 16.8 Å². The van der Waals surface area contributed by atoms with Gasteiger partial charge in [0.1, 0.15) is 17.5 Å². The number of nitrogens with one attached hydrogen (secondary N) is 1. The Morgan fingerprint density at radius 3 is 2.68 bits per heavy atom. The summed E-state index contributed by atoms with van der Waals surface area (Å²) in [5.41, 5.74) is 1.67. The Labute approximate surface area is 179 Å². The van der Waals surface area contributed by atoms with Gasteiger partial charge in [-0.3, -0.25) is 4.79 Å². The molecule has 2 aromatic carbocycles. The molecule has 1 atom stereocenters. The first kappa shape index (κ1) is 20.7. The molecule has 0 spiro atoms. The lowest BCUT2D eigenvalue weighted by atomic mass is 10.1. The van der Waals surface area contributed by atoms with E-state index in [0.717, 1.165) is 36.0 Å². The lowest BCUT2D eigenvalue weighted by molar-refractivity contribution is 0.523. The average molecular weight is 417 g/mol. The normalized spacial score (nSPS) is 12.1. The van der Waals surface area contributed by atoms with Crippen LogP contribution in [0.1, 0.15) is 36.5 Å².